The van der Waals surface area contributed by atoms with Gasteiger partial charge in [0.1, 0.15) is 7.85 Å². The molecule has 2 nitrogen and oxygen atoms in total. The highest BCUT2D eigenvalue weighted by atomic mass is 16.1. The van der Waals surface area contributed by atoms with Gasteiger partial charge in [0.25, 0.3) is 0 Å². The van der Waals surface area contributed by atoms with Gasteiger partial charge in [0, 0.05) is 18.2 Å². The van der Waals surface area contributed by atoms with Crippen LogP contribution in [0, 0.1) is 5.41 Å². The van der Waals surface area contributed by atoms with Crippen molar-refractivity contribution in [2.75, 3.05) is 0 Å². The van der Waals surface area contributed by atoms with Crippen molar-refractivity contribution in [1.29, 1.82) is 5.41 Å². The van der Waals surface area contributed by atoms with Gasteiger partial charge in [0.2, 0.25) is 0 Å². The molecule has 1 rings (SSSR count). The second-order valence-corrected chi connectivity index (χ2v) is 2.36. The van der Waals surface area contributed by atoms with Crippen molar-refractivity contribution in [3.63, 3.8) is 0 Å². The lowest BCUT2D eigenvalue weighted by atomic mass is 9.80. The van der Waals surface area contributed by atoms with Crippen LogP contribution >= 0.6 is 0 Å². The van der Waals surface area contributed by atoms with E-state index in [1.807, 2.05) is 0 Å². The maximum absolute atomic E-state index is 10.9. The summed E-state index contributed by atoms with van der Waals surface area (Å²) in [4.78, 5) is 10.9. The van der Waals surface area contributed by atoms with E-state index in [1.54, 1.807) is 0 Å². The number of ketones is 1. The molecule has 0 saturated heterocycles. The Morgan fingerprint density at radius 2 is 2.20 bits per heavy atom. The molecule has 0 spiro atoms. The molecular formula is C7H8BNO. The standard InChI is InChI=1S/C7H8BNO/c8-6-2-1-3-7(10)5(6)4-9/h4,9H,1-3H2. The molecule has 0 aromatic carbocycles. The fourth-order valence-electron chi connectivity index (χ4n) is 1.06. The molecule has 10 heavy (non-hydrogen) atoms. The molecule has 0 unspecified atom stereocenters. The first-order valence-electron chi connectivity index (χ1n) is 3.28. The Morgan fingerprint density at radius 1 is 1.50 bits per heavy atom. The third kappa shape index (κ3) is 1.18. The predicted octanol–water partition coefficient (Wildman–Crippen LogP) is 0.812. The maximum Gasteiger partial charge on any atom is 0.163 e. The first-order valence-corrected chi connectivity index (χ1v) is 3.28. The highest BCUT2D eigenvalue weighted by Crippen LogP contribution is 2.17. The van der Waals surface area contributed by atoms with E-state index in [4.69, 9.17) is 13.3 Å². The summed E-state index contributed by atoms with van der Waals surface area (Å²) < 4.78 is 0. The summed E-state index contributed by atoms with van der Waals surface area (Å²) in [5, 5.41) is 6.87. The van der Waals surface area contributed by atoms with Crippen molar-refractivity contribution in [1.82, 2.24) is 0 Å². The summed E-state index contributed by atoms with van der Waals surface area (Å²) >= 11 is 0. The van der Waals surface area contributed by atoms with Crippen molar-refractivity contribution >= 4 is 19.8 Å². The lowest BCUT2D eigenvalue weighted by molar-refractivity contribution is -0.115. The molecule has 0 atom stereocenters. The van der Waals surface area contributed by atoms with Crippen molar-refractivity contribution < 1.29 is 4.79 Å². The zero-order valence-corrected chi connectivity index (χ0v) is 5.68. The van der Waals surface area contributed by atoms with Gasteiger partial charge in [0.05, 0.1) is 0 Å². The first-order chi connectivity index (χ1) is 4.75. The van der Waals surface area contributed by atoms with Crippen LogP contribution < -0.4 is 0 Å². The molecule has 0 amide bonds. The van der Waals surface area contributed by atoms with Crippen LogP contribution in [0.15, 0.2) is 11.0 Å². The van der Waals surface area contributed by atoms with Crippen LogP contribution in [-0.4, -0.2) is 19.8 Å². The van der Waals surface area contributed by atoms with E-state index in [1.165, 1.54) is 0 Å². The molecule has 0 heterocycles. The van der Waals surface area contributed by atoms with Gasteiger partial charge in [-0.25, -0.2) is 0 Å². The Bertz CT molecular complexity index is 208. The average Bonchev–Trinajstić information content (AvgIpc) is 1.88. The van der Waals surface area contributed by atoms with Crippen LogP contribution in [0.4, 0.5) is 0 Å². The molecule has 0 saturated carbocycles. The van der Waals surface area contributed by atoms with Gasteiger partial charge in [-0.1, -0.05) is 0 Å². The number of hydrogen-bond donors (Lipinski definition) is 1. The van der Waals surface area contributed by atoms with E-state index < -0.39 is 0 Å². The van der Waals surface area contributed by atoms with Gasteiger partial charge >= 0.3 is 0 Å². The lowest BCUT2D eigenvalue weighted by Gasteiger charge is -2.12. The van der Waals surface area contributed by atoms with Crippen molar-refractivity contribution in [2.24, 2.45) is 0 Å². The maximum atomic E-state index is 10.9. The Balaban J connectivity index is 2.94. The summed E-state index contributed by atoms with van der Waals surface area (Å²) in [5.74, 6) is 0.0127. The van der Waals surface area contributed by atoms with Crippen molar-refractivity contribution in [3.8, 4) is 0 Å². The number of allylic oxidation sites excluding steroid dienone is 2. The third-order valence-electron chi connectivity index (χ3n) is 1.64. The summed E-state index contributed by atoms with van der Waals surface area (Å²) in [6, 6.07) is 0. The number of hydrogen-bond acceptors (Lipinski definition) is 2. The minimum Gasteiger partial charge on any atom is -0.308 e. The molecule has 1 N–H and O–H groups in total. The zero-order valence-electron chi connectivity index (χ0n) is 5.68. The van der Waals surface area contributed by atoms with E-state index >= 15 is 0 Å². The Labute approximate surface area is 61.2 Å². The van der Waals surface area contributed by atoms with E-state index in [0.717, 1.165) is 19.1 Å². The second-order valence-electron chi connectivity index (χ2n) is 2.36. The van der Waals surface area contributed by atoms with Gasteiger partial charge in [-0.15, -0.1) is 5.47 Å². The summed E-state index contributed by atoms with van der Waals surface area (Å²) in [7, 11) is 5.49. The normalized spacial score (nSPS) is 19.4. The highest BCUT2D eigenvalue weighted by molar-refractivity contribution is 6.30. The van der Waals surface area contributed by atoms with E-state index in [-0.39, 0.29) is 5.78 Å². The smallest absolute Gasteiger partial charge is 0.163 e. The van der Waals surface area contributed by atoms with Gasteiger partial charge < -0.3 is 5.41 Å². The summed E-state index contributed by atoms with van der Waals surface area (Å²) in [6.45, 7) is 0. The Hall–Kier alpha value is -0.855. The van der Waals surface area contributed by atoms with Gasteiger partial charge in [-0.3, -0.25) is 4.79 Å². The molecular weight excluding hydrogens is 125 g/mol. The molecule has 3 heteroatoms. The number of carbonyl (C=O) groups is 1. The summed E-state index contributed by atoms with van der Waals surface area (Å²) in [5.41, 5.74) is 0.984. The van der Waals surface area contributed by atoms with Crippen LogP contribution in [-0.2, 0) is 4.79 Å². The number of carbonyl (C=O) groups excluding carboxylic acids is 1. The van der Waals surface area contributed by atoms with Crippen LogP contribution in [0.5, 0.6) is 0 Å². The lowest BCUT2D eigenvalue weighted by Crippen LogP contribution is -2.12. The Morgan fingerprint density at radius 3 is 2.60 bits per heavy atom. The largest absolute Gasteiger partial charge is 0.308 e. The minimum atomic E-state index is 0.0127. The molecule has 1 aliphatic carbocycles. The molecule has 0 aromatic heterocycles. The molecule has 0 bridgehead atoms. The van der Waals surface area contributed by atoms with Crippen LogP contribution in [0.1, 0.15) is 19.3 Å². The monoisotopic (exact) mass is 133 g/mol. The van der Waals surface area contributed by atoms with Gasteiger partial charge in [0.15, 0.2) is 5.78 Å². The zero-order chi connectivity index (χ0) is 7.56. The van der Waals surface area contributed by atoms with Gasteiger partial charge in [-0.2, -0.15) is 0 Å². The summed E-state index contributed by atoms with van der Waals surface area (Å²) in [6.07, 6.45) is 3.20. The van der Waals surface area contributed by atoms with Crippen LogP contribution in [0.3, 0.4) is 0 Å². The molecule has 0 aromatic rings. The topological polar surface area (TPSA) is 40.9 Å². The van der Waals surface area contributed by atoms with E-state index in [2.05, 4.69) is 0 Å². The minimum absolute atomic E-state index is 0.0127. The fourth-order valence-corrected chi connectivity index (χ4v) is 1.06. The van der Waals surface area contributed by atoms with Crippen LogP contribution in [0.25, 0.3) is 0 Å². The molecule has 0 fully saturated rings. The van der Waals surface area contributed by atoms with Crippen molar-refractivity contribution in [3.05, 3.63) is 11.0 Å². The number of nitrogens with one attached hydrogen (secondary N) is 1. The van der Waals surface area contributed by atoms with Crippen molar-refractivity contribution in [2.45, 2.75) is 19.3 Å². The second kappa shape index (κ2) is 2.82. The van der Waals surface area contributed by atoms with E-state index in [0.29, 0.717) is 17.5 Å². The SMILES string of the molecule is [B]C1=C(C=N)C(=O)CCC1. The quantitative estimate of drug-likeness (QED) is 0.417. The third-order valence-corrected chi connectivity index (χ3v) is 1.64. The van der Waals surface area contributed by atoms with Gasteiger partial charge in [-0.05, 0) is 12.8 Å². The molecule has 1 aliphatic rings. The highest BCUT2D eigenvalue weighted by Gasteiger charge is 2.14. The number of rotatable bonds is 1. The first kappa shape index (κ1) is 7.25. The molecule has 50 valence electrons. The predicted molar refractivity (Wildman–Crippen MR) is 40.4 cm³/mol. The van der Waals surface area contributed by atoms with E-state index in [9.17, 15) is 4.79 Å². The number of Topliss-reactive ketones (excluding diaryl/α,β-unsaturated/α-hetero) is 1. The molecule has 2 radical (unpaired) electrons. The fraction of sp³-hybridized carbons (Fsp3) is 0.429. The molecule has 0 aliphatic heterocycles. The Kier molecular flexibility index (Phi) is 2.04. The van der Waals surface area contributed by atoms with Crippen LogP contribution in [0.2, 0.25) is 0 Å². The average molecular weight is 133 g/mol.